The van der Waals surface area contributed by atoms with Crippen LogP contribution in [0.1, 0.15) is 38.4 Å². The lowest BCUT2D eigenvalue weighted by molar-refractivity contribution is 0.670. The van der Waals surface area contributed by atoms with Crippen LogP contribution >= 0.6 is 0 Å². The van der Waals surface area contributed by atoms with Gasteiger partial charge in [-0.25, -0.2) is 0 Å². The molecule has 0 amide bonds. The third kappa shape index (κ3) is 4.17. The van der Waals surface area contributed by atoms with Crippen molar-refractivity contribution in [2.75, 3.05) is 0 Å². The minimum absolute atomic E-state index is 0.502. The second-order valence-electron chi connectivity index (χ2n) is 9.51. The zero-order valence-corrected chi connectivity index (χ0v) is 22.4. The summed E-state index contributed by atoms with van der Waals surface area (Å²) in [5.41, 5.74) is -7.46. The summed E-state index contributed by atoms with van der Waals surface area (Å²) in [5.74, 6) is 0. The van der Waals surface area contributed by atoms with Gasteiger partial charge >= 0.3 is 0 Å². The lowest BCUT2D eigenvalue weighted by Gasteiger charge is -2.18. The van der Waals surface area contributed by atoms with Gasteiger partial charge in [0.1, 0.15) is 11.2 Å². The van der Waals surface area contributed by atoms with Crippen molar-refractivity contribution in [1.29, 1.82) is 0 Å². The van der Waals surface area contributed by atoms with Crippen molar-refractivity contribution in [3.8, 4) is 44.5 Å². The summed E-state index contributed by atoms with van der Waals surface area (Å²) in [6.07, 6.45) is 0. The molecule has 8 aromatic carbocycles. The summed E-state index contributed by atoms with van der Waals surface area (Å²) >= 11 is 0. The molecule has 0 aliphatic carbocycles. The Bertz CT molecular complexity index is 3980. The second kappa shape index (κ2) is 10.4. The third-order valence-electron chi connectivity index (χ3n) is 7.06. The molecule has 0 atom stereocenters. The van der Waals surface area contributed by atoms with E-state index in [4.69, 9.17) is 30.5 Å². The van der Waals surface area contributed by atoms with E-state index in [2.05, 4.69) is 0 Å². The van der Waals surface area contributed by atoms with Crippen molar-refractivity contribution in [2.45, 2.75) is 0 Å². The lowest BCUT2D eigenvalue weighted by atomic mass is 9.85. The molecule has 1 nitrogen and oxygen atoms in total. The van der Waals surface area contributed by atoms with Crippen molar-refractivity contribution >= 4 is 43.5 Å². The van der Waals surface area contributed by atoms with Gasteiger partial charge in [0.2, 0.25) is 0 Å². The van der Waals surface area contributed by atoms with Gasteiger partial charge in [0.25, 0.3) is 0 Å². The Morgan fingerprint density at radius 1 is 0.333 bits per heavy atom. The standard InChI is InChI=1S/C44H28O/c1-3-13-29(14-4-1)34-23-12-24-40-35-26-25-32(28-41(35)45-44(34)40)31-17-11-18-33(27-31)43-38-21-9-7-19-36(38)42(30-15-5-2-6-16-30)37-20-8-10-22-39(37)43/h1-28H/i1D,2D,3D,4D,5D,6D,7D,8D,9D,10D,11D,12D,13D,14D,15D,16D,17D,18D,19D,20D,21D,22D,23D,24D,25D,26D,27D,28D. The van der Waals surface area contributed by atoms with E-state index in [1.165, 1.54) is 0 Å². The van der Waals surface area contributed by atoms with E-state index in [0.717, 1.165) is 0 Å². The predicted octanol–water partition coefficient (Wildman–Crippen LogP) is 12.6. The van der Waals surface area contributed by atoms with E-state index < -0.39 is 257 Å². The van der Waals surface area contributed by atoms with Crippen LogP contribution in [0.2, 0.25) is 0 Å². The highest BCUT2D eigenvalue weighted by Gasteiger charge is 2.17. The summed E-state index contributed by atoms with van der Waals surface area (Å²) in [5, 5.41) is -3.97. The largest absolute Gasteiger partial charge is 0.455 e. The molecule has 0 saturated heterocycles. The SMILES string of the molecule is [2H]c1c([2H])c([2H])c(-c2c([2H])c([2H])c([2H])c3c2oc2c([2H])c(-c4c([2H])c([2H])c([2H])c(-c5c6c([2H])c([2H])c([2H])c([2H])c6c(-c6c([2H])c([2H])c([2H])c([2H])c6[2H])c6c([2H])c([2H])c([2H])c([2H])c56)c4[2H])c([2H])c([2H])c23)c([2H])c1[2H]. The quantitative estimate of drug-likeness (QED) is 0.183. The number of fused-ring (bicyclic) bond motifs is 5. The van der Waals surface area contributed by atoms with Crippen molar-refractivity contribution in [1.82, 2.24) is 0 Å². The molecule has 0 spiro atoms. The maximum atomic E-state index is 9.81. The van der Waals surface area contributed by atoms with Crippen molar-refractivity contribution in [3.05, 3.63) is 169 Å². The maximum absolute atomic E-state index is 9.81. The van der Waals surface area contributed by atoms with Crippen LogP contribution in [-0.2, 0) is 0 Å². The summed E-state index contributed by atoms with van der Waals surface area (Å²) in [6, 6.07) is -26.5. The maximum Gasteiger partial charge on any atom is 0.143 e. The van der Waals surface area contributed by atoms with Gasteiger partial charge < -0.3 is 4.42 Å². The van der Waals surface area contributed by atoms with Gasteiger partial charge in [-0.15, -0.1) is 0 Å². The van der Waals surface area contributed by atoms with Crippen molar-refractivity contribution in [2.24, 2.45) is 0 Å². The molecule has 0 radical (unpaired) electrons. The fourth-order valence-electron chi connectivity index (χ4n) is 5.19. The zero-order chi connectivity index (χ0) is 54.1. The van der Waals surface area contributed by atoms with E-state index in [9.17, 15) is 12.3 Å². The number of para-hydroxylation sites is 1. The Morgan fingerprint density at radius 3 is 1.49 bits per heavy atom. The second-order valence-corrected chi connectivity index (χ2v) is 9.51. The monoisotopic (exact) mass is 600 g/mol. The highest BCUT2D eigenvalue weighted by molar-refractivity contribution is 6.21. The fourth-order valence-corrected chi connectivity index (χ4v) is 5.19. The summed E-state index contributed by atoms with van der Waals surface area (Å²) in [7, 11) is 0. The minimum Gasteiger partial charge on any atom is -0.455 e. The molecule has 0 aliphatic heterocycles. The van der Waals surface area contributed by atoms with Gasteiger partial charge in [-0.05, 0) is 78.6 Å². The van der Waals surface area contributed by atoms with Crippen LogP contribution < -0.4 is 0 Å². The van der Waals surface area contributed by atoms with Gasteiger partial charge in [0.15, 0.2) is 0 Å². The molecule has 0 unspecified atom stereocenters. The van der Waals surface area contributed by atoms with Gasteiger partial charge in [-0.3, -0.25) is 0 Å². The molecule has 0 bridgehead atoms. The number of hydrogen-bond donors (Lipinski definition) is 0. The molecule has 0 N–H and O–H groups in total. The first-order valence-corrected chi connectivity index (χ1v) is 13.2. The van der Waals surface area contributed by atoms with E-state index in [1.807, 2.05) is 0 Å². The zero-order valence-electron chi connectivity index (χ0n) is 50.4. The normalized spacial score (nSPS) is 20.3. The van der Waals surface area contributed by atoms with Crippen LogP contribution in [0.3, 0.4) is 0 Å². The fraction of sp³-hybridized carbons (Fsp3) is 0. The first-order valence-electron chi connectivity index (χ1n) is 27.2. The van der Waals surface area contributed by atoms with Crippen LogP contribution in [0.5, 0.6) is 0 Å². The molecular weight excluding hydrogens is 544 g/mol. The topological polar surface area (TPSA) is 13.1 Å². The van der Waals surface area contributed by atoms with Crippen LogP contribution in [0.15, 0.2) is 174 Å². The molecule has 9 rings (SSSR count). The molecule has 9 aromatic rings. The summed E-state index contributed by atoms with van der Waals surface area (Å²) in [4.78, 5) is 0. The van der Waals surface area contributed by atoms with E-state index >= 15 is 0 Å². The predicted molar refractivity (Wildman–Crippen MR) is 190 cm³/mol. The van der Waals surface area contributed by atoms with E-state index in [-0.39, 0.29) is 0 Å². The molecule has 210 valence electrons. The lowest BCUT2D eigenvalue weighted by Crippen LogP contribution is -1.91. The van der Waals surface area contributed by atoms with Crippen LogP contribution in [0.4, 0.5) is 0 Å². The number of furan rings is 1. The number of hydrogen-bond acceptors (Lipinski definition) is 1. The number of rotatable bonds is 4. The minimum atomic E-state index is -1.09. The van der Waals surface area contributed by atoms with Gasteiger partial charge in [-0.2, -0.15) is 0 Å². The Morgan fingerprint density at radius 2 is 0.822 bits per heavy atom. The Labute approximate surface area is 301 Å². The van der Waals surface area contributed by atoms with Gasteiger partial charge in [0, 0.05) is 16.3 Å². The molecule has 0 saturated carbocycles. The van der Waals surface area contributed by atoms with Crippen LogP contribution in [0, 0.1) is 0 Å². The molecule has 0 aliphatic rings. The van der Waals surface area contributed by atoms with E-state index in [1.54, 1.807) is 0 Å². The molecule has 1 heteroatoms. The molecular formula is C44H28O. The summed E-state index contributed by atoms with van der Waals surface area (Å²) < 4.78 is 255. The Balaban J connectivity index is 1.52. The van der Waals surface area contributed by atoms with Crippen LogP contribution in [0.25, 0.3) is 88.0 Å². The Kier molecular flexibility index (Phi) is 2.32. The first-order chi connectivity index (χ1) is 34.0. The smallest absolute Gasteiger partial charge is 0.143 e. The molecule has 0 fully saturated rings. The highest BCUT2D eigenvalue weighted by Crippen LogP contribution is 2.44. The number of benzene rings is 8. The molecule has 1 heterocycles. The third-order valence-corrected chi connectivity index (χ3v) is 7.06. The average Bonchev–Trinajstić information content (AvgIpc) is 3.76. The van der Waals surface area contributed by atoms with E-state index in [0.29, 0.717) is 0 Å². The van der Waals surface area contributed by atoms with Gasteiger partial charge in [0.05, 0.1) is 38.4 Å². The van der Waals surface area contributed by atoms with Gasteiger partial charge in [-0.1, -0.05) is 151 Å². The molecule has 1 aromatic heterocycles. The van der Waals surface area contributed by atoms with Crippen LogP contribution in [-0.4, -0.2) is 0 Å². The Hall–Kier alpha value is -5.92. The van der Waals surface area contributed by atoms with Crippen molar-refractivity contribution in [3.63, 3.8) is 0 Å². The average molecular weight is 601 g/mol. The highest BCUT2D eigenvalue weighted by atomic mass is 16.3. The molecule has 45 heavy (non-hydrogen) atoms. The first kappa shape index (κ1) is 10.1. The summed E-state index contributed by atoms with van der Waals surface area (Å²) in [6.45, 7) is 0. The van der Waals surface area contributed by atoms with Crippen molar-refractivity contribution < 1.29 is 42.8 Å².